The molecule has 0 atom stereocenters. The molecule has 1 fully saturated rings. The lowest BCUT2D eigenvalue weighted by molar-refractivity contribution is 0.0691. The first-order chi connectivity index (χ1) is 14.0. The maximum atomic E-state index is 13.3. The number of H-pyrrole nitrogens is 1. The minimum atomic E-state index is -1.27. The van der Waals surface area contributed by atoms with Gasteiger partial charge in [0.15, 0.2) is 11.2 Å². The zero-order chi connectivity index (χ0) is 20.4. The highest BCUT2D eigenvalue weighted by Gasteiger charge is 2.19. The molecule has 8 nitrogen and oxygen atoms in total. The van der Waals surface area contributed by atoms with Crippen molar-refractivity contribution >= 4 is 22.6 Å². The van der Waals surface area contributed by atoms with Crippen LogP contribution in [0.3, 0.4) is 0 Å². The van der Waals surface area contributed by atoms with E-state index in [1.54, 1.807) is 24.3 Å². The van der Waals surface area contributed by atoms with Gasteiger partial charge in [-0.15, -0.1) is 0 Å². The molecule has 0 amide bonds. The van der Waals surface area contributed by atoms with Gasteiger partial charge in [-0.25, -0.2) is 4.79 Å². The number of benzene rings is 1. The molecule has 1 aliphatic heterocycles. The molecule has 0 bridgehead atoms. The fourth-order valence-corrected chi connectivity index (χ4v) is 3.22. The number of nitrogens with one attached hydrogen (secondary N) is 1. The first-order valence-corrected chi connectivity index (χ1v) is 9.07. The summed E-state index contributed by atoms with van der Waals surface area (Å²) in [5.41, 5.74) is -0.636. The summed E-state index contributed by atoms with van der Waals surface area (Å²) in [4.78, 5) is 41.8. The lowest BCUT2D eigenvalue weighted by atomic mass is 10.2. The number of nitrogens with zero attached hydrogens (tertiary/aromatic N) is 1. The molecule has 2 aromatic carbocycles. The second kappa shape index (κ2) is 7.76. The molecule has 4 rings (SSSR count). The highest BCUT2D eigenvalue weighted by Crippen LogP contribution is 2.24. The number of pyridine rings is 1. The van der Waals surface area contributed by atoms with E-state index in [9.17, 15) is 19.5 Å². The Morgan fingerprint density at radius 3 is 2.48 bits per heavy atom. The quantitative estimate of drug-likeness (QED) is 0.698. The number of hydrogen-bond acceptors (Lipinski definition) is 6. The van der Waals surface area contributed by atoms with Crippen LogP contribution in [0.1, 0.15) is 10.5 Å². The van der Waals surface area contributed by atoms with Gasteiger partial charge in [-0.1, -0.05) is 18.2 Å². The Balaban J connectivity index is 1.98. The smallest absolute Gasteiger partial charge is 0.352 e. The van der Waals surface area contributed by atoms with E-state index >= 15 is 0 Å². The van der Waals surface area contributed by atoms with E-state index < -0.39 is 16.8 Å². The number of para-hydroxylation sites is 1. The van der Waals surface area contributed by atoms with Crippen LogP contribution >= 0.6 is 0 Å². The van der Waals surface area contributed by atoms with Crippen LogP contribution in [0.2, 0.25) is 0 Å². The zero-order valence-electron chi connectivity index (χ0n) is 15.4. The Hall–Kier alpha value is -3.65. The van der Waals surface area contributed by atoms with Gasteiger partial charge in [0.05, 0.1) is 24.4 Å². The van der Waals surface area contributed by atoms with Crippen molar-refractivity contribution in [3.8, 4) is 11.5 Å². The van der Waals surface area contributed by atoms with Crippen molar-refractivity contribution in [2.45, 2.75) is 0 Å². The van der Waals surface area contributed by atoms with Crippen LogP contribution in [0.25, 0.3) is 10.9 Å². The molecule has 1 aromatic heterocycles. The van der Waals surface area contributed by atoms with Crippen molar-refractivity contribution in [2.24, 2.45) is 0 Å². The van der Waals surface area contributed by atoms with Gasteiger partial charge in [-0.3, -0.25) is 9.59 Å². The summed E-state index contributed by atoms with van der Waals surface area (Å²) >= 11 is 0. The van der Waals surface area contributed by atoms with Crippen molar-refractivity contribution in [3.05, 3.63) is 74.7 Å². The fourth-order valence-electron chi connectivity index (χ4n) is 3.22. The maximum absolute atomic E-state index is 13.3. The number of rotatable bonds is 4. The predicted molar refractivity (Wildman–Crippen MR) is 107 cm³/mol. The molecule has 2 N–H and O–H groups in total. The van der Waals surface area contributed by atoms with Gasteiger partial charge in [-0.2, -0.15) is 0 Å². The first-order valence-electron chi connectivity index (χ1n) is 9.07. The lowest BCUT2D eigenvalue weighted by Gasteiger charge is -2.27. The third-order valence-electron chi connectivity index (χ3n) is 4.67. The second-order valence-corrected chi connectivity index (χ2v) is 6.56. The summed E-state index contributed by atoms with van der Waals surface area (Å²) in [6.45, 7) is 1.92. The number of carbonyl (C=O) groups is 1. The molecule has 2 heterocycles. The standard InChI is InChI=1S/C21H18N2O6/c24-18-11-16(21(26)27)22-15-12-19(29-13-4-2-1-3-5-13)20(25)17(10-14(15)18)23-6-8-28-9-7-23/h1-5,10-12H,6-9H2,(H,22,24)(H,26,27). The van der Waals surface area contributed by atoms with Gasteiger partial charge in [0, 0.05) is 30.6 Å². The number of ether oxygens (including phenoxy) is 2. The summed E-state index contributed by atoms with van der Waals surface area (Å²) in [6, 6.07) is 12.6. The highest BCUT2D eigenvalue weighted by atomic mass is 16.5. The fraction of sp³-hybridized carbons (Fsp3) is 0.190. The third kappa shape index (κ3) is 3.83. The Kier molecular flexibility index (Phi) is 5.01. The Morgan fingerprint density at radius 2 is 1.79 bits per heavy atom. The number of aromatic carboxylic acids is 1. The first kappa shape index (κ1) is 18.7. The largest absolute Gasteiger partial charge is 0.477 e. The van der Waals surface area contributed by atoms with Crippen LogP contribution in [0.15, 0.2) is 58.1 Å². The average molecular weight is 394 g/mol. The van der Waals surface area contributed by atoms with E-state index in [0.29, 0.717) is 37.7 Å². The predicted octanol–water partition coefficient (Wildman–Crippen LogP) is 2.22. The highest BCUT2D eigenvalue weighted by molar-refractivity contribution is 5.90. The van der Waals surface area contributed by atoms with E-state index in [0.717, 1.165) is 6.07 Å². The van der Waals surface area contributed by atoms with E-state index in [1.165, 1.54) is 12.1 Å². The van der Waals surface area contributed by atoms with E-state index in [2.05, 4.69) is 4.98 Å². The molecule has 148 valence electrons. The number of carboxylic acid groups (broad SMARTS) is 1. The van der Waals surface area contributed by atoms with Crippen LogP contribution < -0.4 is 20.5 Å². The van der Waals surface area contributed by atoms with Crippen molar-refractivity contribution in [1.82, 2.24) is 4.98 Å². The molecule has 0 radical (unpaired) electrons. The number of fused-ring (bicyclic) bond motifs is 1. The molecule has 8 heteroatoms. The van der Waals surface area contributed by atoms with Crippen molar-refractivity contribution < 1.29 is 19.4 Å². The van der Waals surface area contributed by atoms with Crippen molar-refractivity contribution in [1.29, 1.82) is 0 Å². The van der Waals surface area contributed by atoms with Gasteiger partial charge in [-0.05, 0) is 18.2 Å². The van der Waals surface area contributed by atoms with Crippen LogP contribution in [-0.4, -0.2) is 42.4 Å². The monoisotopic (exact) mass is 394 g/mol. The number of aromatic nitrogens is 1. The number of anilines is 1. The summed E-state index contributed by atoms with van der Waals surface area (Å²) in [7, 11) is 0. The SMILES string of the molecule is O=C(O)c1cc(=O)c2cc(N3CCOCC3)c(=O)c(Oc3ccccc3)cc2[nH]1. The zero-order valence-corrected chi connectivity index (χ0v) is 15.4. The summed E-state index contributed by atoms with van der Waals surface area (Å²) in [5, 5.41) is 9.47. The molecule has 0 unspecified atom stereocenters. The molecular weight excluding hydrogens is 376 g/mol. The van der Waals surface area contributed by atoms with E-state index in [1.807, 2.05) is 11.0 Å². The molecule has 0 aliphatic carbocycles. The number of aromatic amines is 1. The Labute approximate surface area is 164 Å². The number of morpholine rings is 1. The van der Waals surface area contributed by atoms with Gasteiger partial charge in [0.25, 0.3) is 0 Å². The average Bonchev–Trinajstić information content (AvgIpc) is 2.86. The topological polar surface area (TPSA) is 109 Å². The minimum Gasteiger partial charge on any atom is -0.477 e. The van der Waals surface area contributed by atoms with Gasteiger partial charge < -0.3 is 24.5 Å². The molecule has 1 saturated heterocycles. The van der Waals surface area contributed by atoms with Crippen molar-refractivity contribution in [2.75, 3.05) is 31.2 Å². The van der Waals surface area contributed by atoms with Crippen molar-refractivity contribution in [3.63, 3.8) is 0 Å². The second-order valence-electron chi connectivity index (χ2n) is 6.56. The van der Waals surface area contributed by atoms with Gasteiger partial charge in [0.2, 0.25) is 5.43 Å². The van der Waals surface area contributed by atoms with Gasteiger partial charge >= 0.3 is 5.97 Å². The summed E-state index contributed by atoms with van der Waals surface area (Å²) in [6.07, 6.45) is 0. The Bertz CT molecular complexity index is 1180. The molecule has 3 aromatic rings. The lowest BCUT2D eigenvalue weighted by Crippen LogP contribution is -2.38. The molecule has 29 heavy (non-hydrogen) atoms. The number of hydrogen-bond donors (Lipinski definition) is 2. The van der Waals surface area contributed by atoms with E-state index in [4.69, 9.17) is 9.47 Å². The number of carboxylic acids is 1. The summed E-state index contributed by atoms with van der Waals surface area (Å²) in [5.74, 6) is -0.823. The molecular formula is C21H18N2O6. The minimum absolute atomic E-state index is 0.00844. The Morgan fingerprint density at radius 1 is 1.07 bits per heavy atom. The van der Waals surface area contributed by atoms with Crippen LogP contribution in [-0.2, 0) is 4.74 Å². The van der Waals surface area contributed by atoms with Crippen LogP contribution in [0.4, 0.5) is 5.69 Å². The maximum Gasteiger partial charge on any atom is 0.352 e. The molecule has 1 aliphatic rings. The van der Waals surface area contributed by atoms with Crippen LogP contribution in [0, 0.1) is 0 Å². The van der Waals surface area contributed by atoms with Crippen LogP contribution in [0.5, 0.6) is 11.5 Å². The van der Waals surface area contributed by atoms with E-state index in [-0.39, 0.29) is 22.3 Å². The third-order valence-corrected chi connectivity index (χ3v) is 4.67. The molecule has 0 saturated carbocycles. The normalized spacial score (nSPS) is 14.0. The molecule has 0 spiro atoms. The van der Waals surface area contributed by atoms with Gasteiger partial charge in [0.1, 0.15) is 11.4 Å². The summed E-state index contributed by atoms with van der Waals surface area (Å²) < 4.78 is 11.2.